The number of carbonyl (C=O) groups excluding carboxylic acids is 1. The van der Waals surface area contributed by atoms with Crippen molar-refractivity contribution in [3.63, 3.8) is 0 Å². The number of benzene rings is 1. The molecule has 1 heterocycles. The van der Waals surface area contributed by atoms with Crippen molar-refractivity contribution in [1.29, 1.82) is 0 Å². The van der Waals surface area contributed by atoms with E-state index in [0.29, 0.717) is 11.6 Å². The summed E-state index contributed by atoms with van der Waals surface area (Å²) in [5.41, 5.74) is 9.03. The first kappa shape index (κ1) is 12.5. The van der Waals surface area contributed by atoms with E-state index >= 15 is 0 Å². The van der Waals surface area contributed by atoms with Crippen LogP contribution in [0.2, 0.25) is 0 Å². The van der Waals surface area contributed by atoms with Gasteiger partial charge in [-0.25, -0.2) is 0 Å². The SMILES string of the molecule is CC(CC(=O)Nc1nncs1)c1ccc(N)cc1. The van der Waals surface area contributed by atoms with Crippen LogP contribution in [0.25, 0.3) is 0 Å². The summed E-state index contributed by atoms with van der Waals surface area (Å²) in [5, 5.41) is 10.7. The Morgan fingerprint density at radius 2 is 2.17 bits per heavy atom. The van der Waals surface area contributed by atoms with Crippen LogP contribution in [0.5, 0.6) is 0 Å². The molecule has 0 aliphatic rings. The molecular formula is C12H14N4OS. The van der Waals surface area contributed by atoms with Crippen molar-refractivity contribution in [3.05, 3.63) is 35.3 Å². The largest absolute Gasteiger partial charge is 0.399 e. The molecule has 94 valence electrons. The average Bonchev–Trinajstić information content (AvgIpc) is 2.82. The topological polar surface area (TPSA) is 80.9 Å². The van der Waals surface area contributed by atoms with E-state index in [9.17, 15) is 4.79 Å². The molecule has 1 unspecified atom stereocenters. The minimum absolute atomic E-state index is 0.0592. The lowest BCUT2D eigenvalue weighted by molar-refractivity contribution is -0.116. The molecule has 1 aromatic carbocycles. The number of nitrogen functional groups attached to an aromatic ring is 1. The van der Waals surface area contributed by atoms with Gasteiger partial charge >= 0.3 is 0 Å². The second-order valence-corrected chi connectivity index (χ2v) is 4.90. The molecule has 0 fully saturated rings. The third-order valence-corrected chi connectivity index (χ3v) is 3.21. The third-order valence-electron chi connectivity index (χ3n) is 2.60. The summed E-state index contributed by atoms with van der Waals surface area (Å²) in [6.45, 7) is 2.01. The van der Waals surface area contributed by atoms with Crippen LogP contribution in [-0.4, -0.2) is 16.1 Å². The molecule has 2 rings (SSSR count). The highest BCUT2D eigenvalue weighted by molar-refractivity contribution is 7.13. The number of amides is 1. The van der Waals surface area contributed by atoms with Gasteiger partial charge in [0.15, 0.2) is 0 Å². The number of carbonyl (C=O) groups is 1. The molecule has 0 saturated carbocycles. The van der Waals surface area contributed by atoms with E-state index in [1.165, 1.54) is 11.3 Å². The lowest BCUT2D eigenvalue weighted by Gasteiger charge is -2.11. The van der Waals surface area contributed by atoms with Crippen molar-refractivity contribution < 1.29 is 4.79 Å². The second kappa shape index (κ2) is 5.59. The molecule has 1 atom stereocenters. The zero-order valence-electron chi connectivity index (χ0n) is 9.96. The highest BCUT2D eigenvalue weighted by Crippen LogP contribution is 2.21. The van der Waals surface area contributed by atoms with Crippen LogP contribution in [0, 0.1) is 0 Å². The van der Waals surface area contributed by atoms with E-state index in [2.05, 4.69) is 15.5 Å². The van der Waals surface area contributed by atoms with E-state index in [0.717, 1.165) is 11.3 Å². The maximum absolute atomic E-state index is 11.8. The van der Waals surface area contributed by atoms with Crippen molar-refractivity contribution in [3.8, 4) is 0 Å². The van der Waals surface area contributed by atoms with Crippen LogP contribution >= 0.6 is 11.3 Å². The number of rotatable bonds is 4. The maximum atomic E-state index is 11.8. The van der Waals surface area contributed by atoms with Gasteiger partial charge in [-0.1, -0.05) is 30.4 Å². The first-order valence-electron chi connectivity index (χ1n) is 5.56. The summed E-state index contributed by atoms with van der Waals surface area (Å²) in [7, 11) is 0. The molecule has 0 spiro atoms. The summed E-state index contributed by atoms with van der Waals surface area (Å²) in [6.07, 6.45) is 0.406. The van der Waals surface area contributed by atoms with Gasteiger partial charge in [0.2, 0.25) is 11.0 Å². The highest BCUT2D eigenvalue weighted by atomic mass is 32.1. The minimum Gasteiger partial charge on any atom is -0.399 e. The summed E-state index contributed by atoms with van der Waals surface area (Å²) in [4.78, 5) is 11.8. The average molecular weight is 262 g/mol. The zero-order chi connectivity index (χ0) is 13.0. The Bertz CT molecular complexity index is 509. The van der Waals surface area contributed by atoms with Crippen LogP contribution < -0.4 is 11.1 Å². The van der Waals surface area contributed by atoms with Crippen molar-refractivity contribution in [2.45, 2.75) is 19.3 Å². The number of anilines is 2. The Hall–Kier alpha value is -1.95. The highest BCUT2D eigenvalue weighted by Gasteiger charge is 2.12. The lowest BCUT2D eigenvalue weighted by atomic mass is 9.97. The monoisotopic (exact) mass is 262 g/mol. The molecule has 5 nitrogen and oxygen atoms in total. The van der Waals surface area contributed by atoms with Gasteiger partial charge in [-0.2, -0.15) is 0 Å². The zero-order valence-corrected chi connectivity index (χ0v) is 10.8. The van der Waals surface area contributed by atoms with Crippen LogP contribution in [0.3, 0.4) is 0 Å². The van der Waals surface area contributed by atoms with Crippen LogP contribution in [0.15, 0.2) is 29.8 Å². The second-order valence-electron chi connectivity index (χ2n) is 4.06. The van der Waals surface area contributed by atoms with Crippen molar-refractivity contribution >= 4 is 28.1 Å². The van der Waals surface area contributed by atoms with E-state index in [1.807, 2.05) is 31.2 Å². The van der Waals surface area contributed by atoms with E-state index in [1.54, 1.807) is 5.51 Å². The Morgan fingerprint density at radius 1 is 1.44 bits per heavy atom. The number of hydrogen-bond donors (Lipinski definition) is 2. The molecule has 6 heteroatoms. The molecular weight excluding hydrogens is 248 g/mol. The maximum Gasteiger partial charge on any atom is 0.226 e. The van der Waals surface area contributed by atoms with Gasteiger partial charge in [0.25, 0.3) is 0 Å². The summed E-state index contributed by atoms with van der Waals surface area (Å²) in [5.74, 6) is 0.0783. The number of nitrogens with zero attached hydrogens (tertiary/aromatic N) is 2. The number of nitrogens with two attached hydrogens (primary N) is 1. The smallest absolute Gasteiger partial charge is 0.226 e. The fourth-order valence-electron chi connectivity index (χ4n) is 1.62. The molecule has 0 aliphatic carbocycles. The molecule has 3 N–H and O–H groups in total. The van der Waals surface area contributed by atoms with Gasteiger partial charge in [0.1, 0.15) is 5.51 Å². The Kier molecular flexibility index (Phi) is 3.88. The van der Waals surface area contributed by atoms with E-state index < -0.39 is 0 Å². The van der Waals surface area contributed by atoms with Gasteiger partial charge in [-0.15, -0.1) is 10.2 Å². The van der Waals surface area contributed by atoms with Gasteiger partial charge in [0.05, 0.1) is 0 Å². The van der Waals surface area contributed by atoms with E-state index in [4.69, 9.17) is 5.73 Å². The molecule has 0 saturated heterocycles. The van der Waals surface area contributed by atoms with E-state index in [-0.39, 0.29) is 11.8 Å². The fourth-order valence-corrected chi connectivity index (χ4v) is 2.08. The van der Waals surface area contributed by atoms with Crippen molar-refractivity contribution in [2.75, 3.05) is 11.1 Å². The summed E-state index contributed by atoms with van der Waals surface area (Å²) >= 11 is 1.31. The molecule has 0 radical (unpaired) electrons. The third kappa shape index (κ3) is 3.27. The molecule has 0 bridgehead atoms. The Balaban J connectivity index is 1.92. The normalized spacial score (nSPS) is 12.1. The first-order valence-corrected chi connectivity index (χ1v) is 6.44. The predicted octanol–water partition coefficient (Wildman–Crippen LogP) is 2.25. The Labute approximate surface area is 109 Å². The molecule has 18 heavy (non-hydrogen) atoms. The van der Waals surface area contributed by atoms with Gasteiger partial charge in [-0.05, 0) is 23.6 Å². The quantitative estimate of drug-likeness (QED) is 0.828. The predicted molar refractivity (Wildman–Crippen MR) is 72.4 cm³/mol. The Morgan fingerprint density at radius 3 is 2.78 bits per heavy atom. The van der Waals surface area contributed by atoms with Crippen molar-refractivity contribution in [2.24, 2.45) is 0 Å². The standard InChI is InChI=1S/C12H14N4OS/c1-8(9-2-4-10(13)5-3-9)6-11(17)15-12-16-14-7-18-12/h2-5,7-8H,6,13H2,1H3,(H,15,16,17). The van der Waals surface area contributed by atoms with Crippen LogP contribution in [0.4, 0.5) is 10.8 Å². The first-order chi connectivity index (χ1) is 8.65. The van der Waals surface area contributed by atoms with Crippen LogP contribution in [-0.2, 0) is 4.79 Å². The molecule has 1 aromatic heterocycles. The number of aromatic nitrogens is 2. The summed E-state index contributed by atoms with van der Waals surface area (Å²) < 4.78 is 0. The van der Waals surface area contributed by atoms with Gasteiger partial charge < -0.3 is 11.1 Å². The van der Waals surface area contributed by atoms with Crippen LogP contribution in [0.1, 0.15) is 24.8 Å². The van der Waals surface area contributed by atoms with Gasteiger partial charge in [-0.3, -0.25) is 4.79 Å². The number of hydrogen-bond acceptors (Lipinski definition) is 5. The number of nitrogens with one attached hydrogen (secondary N) is 1. The van der Waals surface area contributed by atoms with Crippen molar-refractivity contribution in [1.82, 2.24) is 10.2 Å². The lowest BCUT2D eigenvalue weighted by Crippen LogP contribution is -2.14. The minimum atomic E-state index is -0.0592. The molecule has 1 amide bonds. The summed E-state index contributed by atoms with van der Waals surface area (Å²) in [6, 6.07) is 7.57. The molecule has 0 aliphatic heterocycles. The molecule has 2 aromatic rings. The van der Waals surface area contributed by atoms with Gasteiger partial charge in [0, 0.05) is 12.1 Å². The fraction of sp³-hybridized carbons (Fsp3) is 0.250.